The molecule has 0 N–H and O–H groups in total. The van der Waals surface area contributed by atoms with E-state index in [9.17, 15) is 4.79 Å². The third-order valence-electron chi connectivity index (χ3n) is 4.46. The molecule has 0 aliphatic rings. The molecule has 1 aromatic heterocycles. The van der Waals surface area contributed by atoms with E-state index in [0.717, 1.165) is 21.3 Å². The zero-order valence-corrected chi connectivity index (χ0v) is 17.3. The Bertz CT molecular complexity index is 1250. The Morgan fingerprint density at radius 3 is 2.55 bits per heavy atom. The number of aromatic nitrogens is 2. The third-order valence-corrected chi connectivity index (χ3v) is 4.99. The fourth-order valence-electron chi connectivity index (χ4n) is 2.92. The number of fused-ring (bicyclic) bond motifs is 1. The van der Waals surface area contributed by atoms with Gasteiger partial charge >= 0.3 is 0 Å². The summed E-state index contributed by atoms with van der Waals surface area (Å²) in [6.07, 6.45) is 1.64. The molecule has 4 rings (SSSR count). The summed E-state index contributed by atoms with van der Waals surface area (Å²) >= 11 is 3.41. The van der Waals surface area contributed by atoms with E-state index in [2.05, 4.69) is 26.0 Å². The Labute approximate surface area is 176 Å². The van der Waals surface area contributed by atoms with Crippen LogP contribution in [0.25, 0.3) is 10.9 Å². The number of aryl methyl sites for hydroxylation is 1. The topological polar surface area (TPSA) is 56.5 Å². The van der Waals surface area contributed by atoms with Crippen molar-refractivity contribution in [3.63, 3.8) is 0 Å². The van der Waals surface area contributed by atoms with E-state index in [0.29, 0.717) is 16.7 Å². The van der Waals surface area contributed by atoms with E-state index in [-0.39, 0.29) is 12.2 Å². The van der Waals surface area contributed by atoms with Crippen LogP contribution in [0.4, 0.5) is 0 Å². The first-order valence-electron chi connectivity index (χ1n) is 9.11. The van der Waals surface area contributed by atoms with Crippen LogP contribution < -0.4 is 10.3 Å². The predicted molar refractivity (Wildman–Crippen MR) is 119 cm³/mol. The predicted octanol–water partition coefficient (Wildman–Crippen LogP) is 4.93. The summed E-state index contributed by atoms with van der Waals surface area (Å²) in [6.45, 7) is 2.10. The summed E-state index contributed by atoms with van der Waals surface area (Å²) in [5.74, 6) is 1.18. The van der Waals surface area contributed by atoms with Crippen LogP contribution >= 0.6 is 15.9 Å². The highest BCUT2D eigenvalue weighted by Crippen LogP contribution is 2.18. The fourth-order valence-corrected chi connectivity index (χ4v) is 3.18. The van der Waals surface area contributed by atoms with Crippen molar-refractivity contribution >= 4 is 33.0 Å². The van der Waals surface area contributed by atoms with Crippen LogP contribution in [0.2, 0.25) is 0 Å². The van der Waals surface area contributed by atoms with E-state index in [1.54, 1.807) is 12.3 Å². The van der Waals surface area contributed by atoms with Crippen molar-refractivity contribution in [3.8, 4) is 5.75 Å². The van der Waals surface area contributed by atoms with Gasteiger partial charge in [-0.3, -0.25) is 4.79 Å². The van der Waals surface area contributed by atoms with Crippen molar-refractivity contribution in [2.75, 3.05) is 0 Å². The number of benzene rings is 3. The lowest BCUT2D eigenvalue weighted by molar-refractivity contribution is 0.287. The summed E-state index contributed by atoms with van der Waals surface area (Å²) in [5.41, 5.74) is 2.28. The maximum Gasteiger partial charge on any atom is 0.282 e. The van der Waals surface area contributed by atoms with Gasteiger partial charge in [0.15, 0.2) is 5.82 Å². The molecule has 0 unspecified atom stereocenters. The first-order chi connectivity index (χ1) is 14.1. The summed E-state index contributed by atoms with van der Waals surface area (Å²) in [5, 5.41) is 4.93. The number of hydrogen-bond donors (Lipinski definition) is 0. The molecule has 0 saturated heterocycles. The maximum absolute atomic E-state index is 13.0. The van der Waals surface area contributed by atoms with Gasteiger partial charge in [0.2, 0.25) is 0 Å². The lowest BCUT2D eigenvalue weighted by atomic mass is 10.2. The quantitative estimate of drug-likeness (QED) is 0.407. The molecule has 0 aliphatic carbocycles. The van der Waals surface area contributed by atoms with Crippen molar-refractivity contribution < 1.29 is 4.74 Å². The molecule has 144 valence electrons. The first-order valence-corrected chi connectivity index (χ1v) is 9.90. The van der Waals surface area contributed by atoms with E-state index in [1.807, 2.05) is 73.7 Å². The Morgan fingerprint density at radius 1 is 1.03 bits per heavy atom. The summed E-state index contributed by atoms with van der Waals surface area (Å²) in [4.78, 5) is 17.7. The van der Waals surface area contributed by atoms with Crippen molar-refractivity contribution in [1.29, 1.82) is 0 Å². The Balaban J connectivity index is 1.75. The molecule has 4 aromatic rings. The number of nitrogens with zero attached hydrogens (tertiary/aromatic N) is 3. The summed E-state index contributed by atoms with van der Waals surface area (Å²) < 4.78 is 8.22. The van der Waals surface area contributed by atoms with E-state index < -0.39 is 0 Å². The van der Waals surface area contributed by atoms with Gasteiger partial charge in [-0.25, -0.2) is 4.98 Å². The number of hydrogen-bond acceptors (Lipinski definition) is 4. The van der Waals surface area contributed by atoms with Crippen LogP contribution in [-0.2, 0) is 6.61 Å². The minimum absolute atomic E-state index is 0.128. The van der Waals surface area contributed by atoms with Crippen molar-refractivity contribution in [1.82, 2.24) is 9.66 Å². The minimum atomic E-state index is -0.229. The zero-order chi connectivity index (χ0) is 20.2. The van der Waals surface area contributed by atoms with E-state index in [4.69, 9.17) is 4.74 Å². The number of halogens is 1. The van der Waals surface area contributed by atoms with Gasteiger partial charge in [0.1, 0.15) is 12.4 Å². The summed E-state index contributed by atoms with van der Waals surface area (Å²) in [6, 6.07) is 22.6. The average Bonchev–Trinajstić information content (AvgIpc) is 2.74. The summed E-state index contributed by atoms with van der Waals surface area (Å²) in [7, 11) is 0. The van der Waals surface area contributed by atoms with Crippen molar-refractivity contribution in [3.05, 3.63) is 105 Å². The molecular formula is C23H18BrN3O2. The minimum Gasteiger partial charge on any atom is -0.485 e. The monoisotopic (exact) mass is 447 g/mol. The third kappa shape index (κ3) is 4.27. The molecule has 0 atom stereocenters. The second-order valence-electron chi connectivity index (χ2n) is 6.51. The molecule has 0 amide bonds. The van der Waals surface area contributed by atoms with Gasteiger partial charge in [-0.05, 0) is 48.4 Å². The van der Waals surface area contributed by atoms with Gasteiger partial charge in [0, 0.05) is 4.47 Å². The molecule has 0 saturated carbocycles. The Kier molecular flexibility index (Phi) is 5.53. The number of ether oxygens (including phenoxy) is 1. The van der Waals surface area contributed by atoms with Gasteiger partial charge < -0.3 is 4.74 Å². The lowest BCUT2D eigenvalue weighted by Crippen LogP contribution is -2.23. The van der Waals surface area contributed by atoms with Crippen molar-refractivity contribution in [2.24, 2.45) is 5.10 Å². The Hall–Kier alpha value is -3.25. The first kappa shape index (κ1) is 19.1. The van der Waals surface area contributed by atoms with Crippen molar-refractivity contribution in [2.45, 2.75) is 13.5 Å². The number of para-hydroxylation sites is 2. The van der Waals surface area contributed by atoms with Gasteiger partial charge in [-0.2, -0.15) is 9.78 Å². The number of rotatable bonds is 5. The molecule has 0 spiro atoms. The van der Waals surface area contributed by atoms with Crippen LogP contribution in [0.5, 0.6) is 5.75 Å². The SMILES string of the molecule is Cc1ccccc1OCc1nc2ccccc2c(=O)n1/N=C\c1ccc(Br)cc1. The van der Waals surface area contributed by atoms with E-state index in [1.165, 1.54) is 4.68 Å². The molecular weight excluding hydrogens is 430 g/mol. The smallest absolute Gasteiger partial charge is 0.282 e. The van der Waals surface area contributed by atoms with Crippen LogP contribution in [0.3, 0.4) is 0 Å². The molecule has 3 aromatic carbocycles. The standard InChI is InChI=1S/C23H18BrN3O2/c1-16-6-2-5-9-21(16)29-15-22-26-20-8-4-3-7-19(20)23(28)27(22)25-14-17-10-12-18(24)13-11-17/h2-14H,15H2,1H3/b25-14-. The second-order valence-corrected chi connectivity index (χ2v) is 7.43. The van der Waals surface area contributed by atoms with Crippen LogP contribution in [0.1, 0.15) is 17.0 Å². The molecule has 0 fully saturated rings. The fraction of sp³-hybridized carbons (Fsp3) is 0.0870. The van der Waals surface area contributed by atoms with Crippen LogP contribution in [0, 0.1) is 6.92 Å². The molecule has 1 heterocycles. The second kappa shape index (κ2) is 8.41. The average molecular weight is 448 g/mol. The molecule has 5 nitrogen and oxygen atoms in total. The van der Waals surface area contributed by atoms with Gasteiger partial charge in [-0.15, -0.1) is 0 Å². The molecule has 6 heteroatoms. The van der Waals surface area contributed by atoms with Crippen LogP contribution in [0.15, 0.2) is 87.2 Å². The van der Waals surface area contributed by atoms with Gasteiger partial charge in [0.05, 0.1) is 17.1 Å². The van der Waals surface area contributed by atoms with Gasteiger partial charge in [-0.1, -0.05) is 58.4 Å². The van der Waals surface area contributed by atoms with Gasteiger partial charge in [0.25, 0.3) is 5.56 Å². The molecule has 0 bridgehead atoms. The lowest BCUT2D eigenvalue weighted by Gasteiger charge is -2.12. The molecule has 0 radical (unpaired) electrons. The largest absolute Gasteiger partial charge is 0.485 e. The highest BCUT2D eigenvalue weighted by Gasteiger charge is 2.11. The van der Waals surface area contributed by atoms with Crippen LogP contribution in [-0.4, -0.2) is 15.9 Å². The van der Waals surface area contributed by atoms with E-state index >= 15 is 0 Å². The normalized spacial score (nSPS) is 11.2. The molecule has 0 aliphatic heterocycles. The zero-order valence-electron chi connectivity index (χ0n) is 15.7. The maximum atomic E-state index is 13.0. The highest BCUT2D eigenvalue weighted by atomic mass is 79.9. The molecule has 29 heavy (non-hydrogen) atoms. The highest BCUT2D eigenvalue weighted by molar-refractivity contribution is 9.10. The Morgan fingerprint density at radius 2 is 1.76 bits per heavy atom.